The predicted octanol–water partition coefficient (Wildman–Crippen LogP) is 2.75. The molecule has 0 unspecified atom stereocenters. The van der Waals surface area contributed by atoms with Crippen LogP contribution in [0.4, 0.5) is 11.5 Å². The molecule has 0 radical (unpaired) electrons. The van der Waals surface area contributed by atoms with Crippen LogP contribution in [0.15, 0.2) is 36.8 Å². The highest BCUT2D eigenvalue weighted by Gasteiger charge is 2.30. The van der Waals surface area contributed by atoms with Gasteiger partial charge in [0, 0.05) is 47.4 Å². The van der Waals surface area contributed by atoms with Crippen molar-refractivity contribution >= 4 is 34.1 Å². The zero-order chi connectivity index (χ0) is 23.8. The van der Waals surface area contributed by atoms with Crippen molar-refractivity contribution in [2.75, 3.05) is 30.4 Å². The molecule has 2 amide bonds. The summed E-state index contributed by atoms with van der Waals surface area (Å²) < 4.78 is 0. The van der Waals surface area contributed by atoms with Gasteiger partial charge >= 0.3 is 0 Å². The molecule has 2 fully saturated rings. The predicted molar refractivity (Wildman–Crippen MR) is 130 cm³/mol. The van der Waals surface area contributed by atoms with E-state index in [1.54, 1.807) is 23.5 Å². The van der Waals surface area contributed by atoms with Crippen LogP contribution in [0.5, 0.6) is 0 Å². The molecule has 0 bridgehead atoms. The van der Waals surface area contributed by atoms with Gasteiger partial charge in [0.2, 0.25) is 11.8 Å². The molecule has 172 valence electrons. The number of carbonyl (C=O) groups is 2. The van der Waals surface area contributed by atoms with E-state index in [1.807, 2.05) is 37.1 Å². The number of anilines is 2. The summed E-state index contributed by atoms with van der Waals surface area (Å²) in [5.41, 5.74) is 2.96. The number of hydrogen-bond donors (Lipinski definition) is 1. The molecule has 5 rings (SSSR count). The molecule has 8 nitrogen and oxygen atoms in total. The van der Waals surface area contributed by atoms with E-state index in [-0.39, 0.29) is 23.8 Å². The van der Waals surface area contributed by atoms with Gasteiger partial charge in [0.1, 0.15) is 11.5 Å². The molecule has 0 spiro atoms. The van der Waals surface area contributed by atoms with Gasteiger partial charge < -0.3 is 10.2 Å². The van der Waals surface area contributed by atoms with Gasteiger partial charge in [-0.15, -0.1) is 0 Å². The van der Waals surface area contributed by atoms with Crippen LogP contribution in [-0.4, -0.2) is 57.8 Å². The van der Waals surface area contributed by atoms with E-state index < -0.39 is 0 Å². The van der Waals surface area contributed by atoms with Gasteiger partial charge in [-0.2, -0.15) is 0 Å². The van der Waals surface area contributed by atoms with Crippen molar-refractivity contribution in [1.82, 2.24) is 19.9 Å². The highest BCUT2D eigenvalue weighted by atomic mass is 16.2. The van der Waals surface area contributed by atoms with Crippen LogP contribution >= 0.6 is 0 Å². The second-order valence-corrected chi connectivity index (χ2v) is 9.06. The van der Waals surface area contributed by atoms with Gasteiger partial charge in [-0.25, -0.2) is 9.97 Å². The Morgan fingerprint density at radius 2 is 1.91 bits per heavy atom. The normalized spacial score (nSPS) is 18.5. The Labute approximate surface area is 198 Å². The molecule has 4 heterocycles. The fourth-order valence-corrected chi connectivity index (χ4v) is 3.97. The Bertz CT molecular complexity index is 1340. The second-order valence-electron chi connectivity index (χ2n) is 9.06. The van der Waals surface area contributed by atoms with Crippen LogP contribution in [-0.2, 0) is 9.59 Å². The number of aromatic nitrogens is 3. The van der Waals surface area contributed by atoms with Crippen molar-refractivity contribution in [1.29, 1.82) is 0 Å². The van der Waals surface area contributed by atoms with E-state index in [0.29, 0.717) is 24.6 Å². The number of likely N-dealkylation sites (N-methyl/N-ethyl adjacent to an activating group) is 1. The molecule has 8 heteroatoms. The summed E-state index contributed by atoms with van der Waals surface area (Å²) in [6.07, 6.45) is 7.03. The van der Waals surface area contributed by atoms with E-state index in [4.69, 9.17) is 0 Å². The summed E-state index contributed by atoms with van der Waals surface area (Å²) in [4.78, 5) is 41.7. The minimum atomic E-state index is 0.0165. The Morgan fingerprint density at radius 3 is 2.65 bits per heavy atom. The summed E-state index contributed by atoms with van der Waals surface area (Å²) in [5, 5.41) is 4.67. The number of piperazine rings is 1. The third-order valence-electron chi connectivity index (χ3n) is 6.44. The maximum Gasteiger partial charge on any atom is 0.241 e. The molecular formula is C26H26N6O2. The first-order chi connectivity index (χ1) is 16.4. The summed E-state index contributed by atoms with van der Waals surface area (Å²) in [5.74, 6) is 6.97. The molecule has 34 heavy (non-hydrogen) atoms. The summed E-state index contributed by atoms with van der Waals surface area (Å²) in [6, 6.07) is 5.84. The van der Waals surface area contributed by atoms with E-state index >= 15 is 0 Å². The maximum absolute atomic E-state index is 12.4. The van der Waals surface area contributed by atoms with Crippen LogP contribution in [0.3, 0.4) is 0 Å². The number of hydrogen-bond acceptors (Lipinski definition) is 6. The average molecular weight is 455 g/mol. The number of nitrogens with one attached hydrogen (secondary N) is 1. The fraction of sp³-hybridized carbons (Fsp3) is 0.346. The smallest absolute Gasteiger partial charge is 0.241 e. The number of nitrogens with zero attached hydrogens (tertiary/aromatic N) is 5. The number of rotatable bonds is 3. The zero-order valence-corrected chi connectivity index (χ0v) is 19.5. The van der Waals surface area contributed by atoms with Crippen molar-refractivity contribution in [2.24, 2.45) is 5.92 Å². The molecule has 2 aliphatic rings. The topological polar surface area (TPSA) is 91.3 Å². The van der Waals surface area contributed by atoms with Gasteiger partial charge in [-0.05, 0) is 57.9 Å². The molecule has 3 aromatic rings. The van der Waals surface area contributed by atoms with Crippen LogP contribution in [0.2, 0.25) is 0 Å². The SMILES string of the molecule is Cc1ncc(C#Cc2ccc(N3C[C@@H](C)N(C)CC3=O)cn2)c2cc(NC(=O)C3CC3)ncc12. The number of aryl methyl sites for hydroxylation is 1. The molecular weight excluding hydrogens is 428 g/mol. The first-order valence-electron chi connectivity index (χ1n) is 11.4. The standard InChI is InChI=1S/C26H26N6O2/c1-16-14-32(25(33)15-31(16)3)21-9-8-20(28-12-21)7-6-19-11-27-17(2)23-13-29-24(10-22(19)23)30-26(34)18-4-5-18/h8-13,16,18H,4-5,14-15H2,1-3H3,(H,29,30,34)/t16-/m1/s1. The second kappa shape index (κ2) is 8.84. The summed E-state index contributed by atoms with van der Waals surface area (Å²) in [7, 11) is 1.96. The monoisotopic (exact) mass is 454 g/mol. The lowest BCUT2D eigenvalue weighted by Gasteiger charge is -2.37. The lowest BCUT2D eigenvalue weighted by atomic mass is 10.1. The molecule has 1 saturated heterocycles. The Kier molecular flexibility index (Phi) is 5.72. The zero-order valence-electron chi connectivity index (χ0n) is 19.5. The molecule has 1 aliphatic heterocycles. The highest BCUT2D eigenvalue weighted by Crippen LogP contribution is 2.30. The maximum atomic E-state index is 12.4. The van der Waals surface area contributed by atoms with Crippen molar-refractivity contribution in [2.45, 2.75) is 32.7 Å². The summed E-state index contributed by atoms with van der Waals surface area (Å²) in [6.45, 7) is 5.06. The van der Waals surface area contributed by atoms with Gasteiger partial charge in [0.25, 0.3) is 0 Å². The Morgan fingerprint density at radius 1 is 1.09 bits per heavy atom. The van der Waals surface area contributed by atoms with E-state index in [2.05, 4.69) is 39.0 Å². The number of pyridine rings is 3. The Balaban J connectivity index is 1.39. The fourth-order valence-electron chi connectivity index (χ4n) is 3.97. The van der Waals surface area contributed by atoms with Crippen molar-refractivity contribution in [3.05, 3.63) is 53.7 Å². The van der Waals surface area contributed by atoms with Gasteiger partial charge in [0.05, 0.1) is 24.0 Å². The van der Waals surface area contributed by atoms with Gasteiger partial charge in [0.15, 0.2) is 0 Å². The van der Waals surface area contributed by atoms with Crippen molar-refractivity contribution in [3.8, 4) is 11.8 Å². The molecule has 0 aromatic carbocycles. The molecule has 1 saturated carbocycles. The lowest BCUT2D eigenvalue weighted by Crippen LogP contribution is -2.53. The van der Waals surface area contributed by atoms with Crippen LogP contribution < -0.4 is 10.2 Å². The van der Waals surface area contributed by atoms with Gasteiger partial charge in [-0.1, -0.05) is 5.92 Å². The quantitative estimate of drug-likeness (QED) is 0.612. The third-order valence-corrected chi connectivity index (χ3v) is 6.44. The highest BCUT2D eigenvalue weighted by molar-refractivity contribution is 5.97. The average Bonchev–Trinajstić information content (AvgIpc) is 3.67. The van der Waals surface area contributed by atoms with Crippen molar-refractivity contribution in [3.63, 3.8) is 0 Å². The number of fused-ring (bicyclic) bond motifs is 1. The minimum absolute atomic E-state index is 0.0165. The lowest BCUT2D eigenvalue weighted by molar-refractivity contribution is -0.121. The summed E-state index contributed by atoms with van der Waals surface area (Å²) >= 11 is 0. The number of amides is 2. The van der Waals surface area contributed by atoms with Crippen LogP contribution in [0, 0.1) is 24.7 Å². The molecule has 1 atom stereocenters. The minimum Gasteiger partial charge on any atom is -0.310 e. The molecule has 3 aromatic heterocycles. The van der Waals surface area contributed by atoms with E-state index in [9.17, 15) is 9.59 Å². The first-order valence-corrected chi connectivity index (χ1v) is 11.4. The van der Waals surface area contributed by atoms with Crippen molar-refractivity contribution < 1.29 is 9.59 Å². The van der Waals surface area contributed by atoms with Gasteiger partial charge in [-0.3, -0.25) is 19.5 Å². The van der Waals surface area contributed by atoms with E-state index in [1.165, 1.54) is 0 Å². The first kappa shape index (κ1) is 22.0. The molecule has 1 N–H and O–H groups in total. The largest absolute Gasteiger partial charge is 0.310 e. The van der Waals surface area contributed by atoms with Crippen LogP contribution in [0.1, 0.15) is 36.7 Å². The van der Waals surface area contributed by atoms with Crippen LogP contribution in [0.25, 0.3) is 10.8 Å². The Hall–Kier alpha value is -3.83. The molecule has 1 aliphatic carbocycles. The van der Waals surface area contributed by atoms with E-state index in [0.717, 1.165) is 40.6 Å². The third kappa shape index (κ3) is 4.47. The number of carbonyl (C=O) groups excluding carboxylic acids is 2.